The second-order valence-corrected chi connectivity index (χ2v) is 6.19. The molecule has 0 bridgehead atoms. The van der Waals surface area contributed by atoms with E-state index in [1.54, 1.807) is 35.9 Å². The van der Waals surface area contributed by atoms with Crippen LogP contribution in [0.15, 0.2) is 73.3 Å². The third-order valence-corrected chi connectivity index (χ3v) is 4.74. The molecule has 0 fully saturated rings. The molecule has 1 aliphatic carbocycles. The number of hydrogen-bond donors (Lipinski definition) is 0. The average Bonchev–Trinajstić information content (AvgIpc) is 2.69. The quantitative estimate of drug-likeness (QED) is 0.377. The highest BCUT2D eigenvalue weighted by Crippen LogP contribution is 2.33. The number of rotatable bonds is 0. The predicted molar refractivity (Wildman–Crippen MR) is 107 cm³/mol. The fourth-order valence-corrected chi connectivity index (χ4v) is 3.60. The van der Waals surface area contributed by atoms with Gasteiger partial charge < -0.3 is 0 Å². The lowest BCUT2D eigenvalue weighted by Gasteiger charge is -2.18. The first-order chi connectivity index (χ1) is 11.9. The Morgan fingerprint density at radius 3 is 2.04 bits per heavy atom. The number of aromatic nitrogens is 2. The van der Waals surface area contributed by atoms with E-state index in [1.165, 1.54) is 47.2 Å². The number of fused-ring (bicyclic) bond motifs is 5. The molecule has 5 rings (SSSR count). The van der Waals surface area contributed by atoms with Crippen LogP contribution in [0.25, 0.3) is 21.5 Å². The van der Waals surface area contributed by atoms with Crippen LogP contribution in [0.3, 0.4) is 0 Å². The molecule has 0 spiro atoms. The van der Waals surface area contributed by atoms with Crippen LogP contribution < -0.4 is 0 Å². The molecule has 0 N–H and O–H groups in total. The van der Waals surface area contributed by atoms with Gasteiger partial charge in [-0.3, -0.25) is 9.97 Å². The zero-order valence-electron chi connectivity index (χ0n) is 14.1. The van der Waals surface area contributed by atoms with Gasteiger partial charge in [-0.1, -0.05) is 48.5 Å². The highest BCUT2D eigenvalue weighted by molar-refractivity contribution is 6.08. The molecule has 1 aromatic heterocycles. The second kappa shape index (κ2) is 8.09. The van der Waals surface area contributed by atoms with Crippen LogP contribution in [0.2, 0.25) is 0 Å². The molecule has 1 aliphatic rings. The second-order valence-electron chi connectivity index (χ2n) is 6.19. The summed E-state index contributed by atoms with van der Waals surface area (Å²) in [5.74, 6) is 0. The lowest BCUT2D eigenvalue weighted by molar-refractivity contribution is 0.690. The number of aryl methyl sites for hydroxylation is 2. The Bertz CT molecular complexity index is 941. The van der Waals surface area contributed by atoms with Crippen molar-refractivity contribution in [3.8, 4) is 0 Å². The third-order valence-electron chi connectivity index (χ3n) is 4.74. The zero-order chi connectivity index (χ0) is 16.2. The van der Waals surface area contributed by atoms with E-state index in [0.29, 0.717) is 0 Å². The van der Waals surface area contributed by atoms with Crippen LogP contribution in [-0.4, -0.2) is 9.97 Å². The molecule has 126 valence electrons. The predicted octanol–water partition coefficient (Wildman–Crippen LogP) is 5.77. The van der Waals surface area contributed by atoms with E-state index in [1.807, 2.05) is 0 Å². The molecule has 0 radical (unpaired) electrons. The molecule has 0 amide bonds. The van der Waals surface area contributed by atoms with Crippen molar-refractivity contribution in [2.75, 3.05) is 0 Å². The molecule has 2 nitrogen and oxygen atoms in total. The van der Waals surface area contributed by atoms with Crippen molar-refractivity contribution in [2.45, 2.75) is 25.7 Å². The Labute approximate surface area is 154 Å². The lowest BCUT2D eigenvalue weighted by Crippen LogP contribution is -2.02. The average molecular weight is 349 g/mol. The summed E-state index contributed by atoms with van der Waals surface area (Å²) in [6.45, 7) is 0. The molecule has 1 heterocycles. The van der Waals surface area contributed by atoms with Gasteiger partial charge in [0.25, 0.3) is 0 Å². The number of halogens is 1. The fraction of sp³-hybridized carbons (Fsp3) is 0.182. The van der Waals surface area contributed by atoms with Crippen LogP contribution in [0, 0.1) is 0 Å². The first kappa shape index (κ1) is 17.4. The fourth-order valence-electron chi connectivity index (χ4n) is 3.60. The zero-order valence-corrected chi connectivity index (χ0v) is 14.9. The first-order valence-electron chi connectivity index (χ1n) is 8.56. The van der Waals surface area contributed by atoms with Gasteiger partial charge in [0.1, 0.15) is 0 Å². The number of hydrogen-bond acceptors (Lipinski definition) is 2. The van der Waals surface area contributed by atoms with E-state index in [9.17, 15) is 0 Å². The molecule has 3 aromatic carbocycles. The number of benzene rings is 3. The van der Waals surface area contributed by atoms with Gasteiger partial charge in [0.2, 0.25) is 0 Å². The largest absolute Gasteiger partial charge is 0.262 e. The summed E-state index contributed by atoms with van der Waals surface area (Å²) in [7, 11) is 0. The van der Waals surface area contributed by atoms with Gasteiger partial charge in [-0.25, -0.2) is 0 Å². The molecular weight excluding hydrogens is 328 g/mol. The van der Waals surface area contributed by atoms with Gasteiger partial charge in [-0.05, 0) is 58.4 Å². The summed E-state index contributed by atoms with van der Waals surface area (Å²) in [5.41, 5.74) is 3.17. The van der Waals surface area contributed by atoms with E-state index >= 15 is 0 Å². The van der Waals surface area contributed by atoms with Crippen molar-refractivity contribution in [2.24, 2.45) is 0 Å². The van der Waals surface area contributed by atoms with E-state index in [-0.39, 0.29) is 12.4 Å². The molecule has 0 saturated heterocycles. The molecular formula is C22H21ClN2. The minimum Gasteiger partial charge on any atom is -0.262 e. The minimum atomic E-state index is 0. The smallest absolute Gasteiger partial charge is 0.0451 e. The highest BCUT2D eigenvalue weighted by Gasteiger charge is 2.13. The Kier molecular flexibility index (Phi) is 5.62. The topological polar surface area (TPSA) is 25.8 Å². The van der Waals surface area contributed by atoms with E-state index in [4.69, 9.17) is 0 Å². The molecule has 25 heavy (non-hydrogen) atoms. The van der Waals surface area contributed by atoms with Crippen molar-refractivity contribution in [1.29, 1.82) is 0 Å². The van der Waals surface area contributed by atoms with E-state index < -0.39 is 0 Å². The van der Waals surface area contributed by atoms with Gasteiger partial charge in [-0.15, -0.1) is 12.4 Å². The maximum atomic E-state index is 3.72. The van der Waals surface area contributed by atoms with Crippen molar-refractivity contribution in [1.82, 2.24) is 9.97 Å². The van der Waals surface area contributed by atoms with Crippen molar-refractivity contribution < 1.29 is 0 Å². The maximum Gasteiger partial charge on any atom is 0.0451 e. The molecule has 3 heteroatoms. The maximum absolute atomic E-state index is 3.72. The van der Waals surface area contributed by atoms with Gasteiger partial charge in [0.05, 0.1) is 0 Å². The normalized spacial score (nSPS) is 12.6. The lowest BCUT2D eigenvalue weighted by atomic mass is 9.86. The Morgan fingerprint density at radius 2 is 1.28 bits per heavy atom. The Balaban J connectivity index is 0.000000224. The summed E-state index contributed by atoms with van der Waals surface area (Å²) in [6, 6.07) is 18.0. The van der Waals surface area contributed by atoms with Crippen LogP contribution in [0.4, 0.5) is 0 Å². The molecule has 0 atom stereocenters. The van der Waals surface area contributed by atoms with Crippen molar-refractivity contribution in [3.05, 3.63) is 84.4 Å². The SMILES string of the molecule is Cl.c1ccc2c(c1)ccc1c3c(ccc12)CCCC3.c1cnccn1. The summed E-state index contributed by atoms with van der Waals surface area (Å²) < 4.78 is 0. The van der Waals surface area contributed by atoms with E-state index in [0.717, 1.165) is 0 Å². The van der Waals surface area contributed by atoms with Gasteiger partial charge in [0.15, 0.2) is 0 Å². The summed E-state index contributed by atoms with van der Waals surface area (Å²) in [4.78, 5) is 7.44. The van der Waals surface area contributed by atoms with Crippen molar-refractivity contribution >= 4 is 34.0 Å². The summed E-state index contributed by atoms with van der Waals surface area (Å²) in [6.07, 6.45) is 11.8. The standard InChI is InChI=1S/C18H16.C4H4N2.ClH/c1-3-7-15-13(5-1)9-11-18-16-8-4-2-6-14(16)10-12-17(15)18;1-2-6-4-3-5-1;/h1,3,5,7,9-12H,2,4,6,8H2;1-4H;1H. The summed E-state index contributed by atoms with van der Waals surface area (Å²) >= 11 is 0. The molecule has 0 unspecified atom stereocenters. The molecule has 4 aromatic rings. The molecule has 0 saturated carbocycles. The third kappa shape index (κ3) is 3.64. The highest BCUT2D eigenvalue weighted by atomic mass is 35.5. The first-order valence-corrected chi connectivity index (χ1v) is 8.56. The Hall–Kier alpha value is -2.45. The van der Waals surface area contributed by atoms with E-state index in [2.05, 4.69) is 58.5 Å². The van der Waals surface area contributed by atoms with Gasteiger partial charge in [0, 0.05) is 24.8 Å². The monoisotopic (exact) mass is 348 g/mol. The van der Waals surface area contributed by atoms with Gasteiger partial charge in [-0.2, -0.15) is 0 Å². The van der Waals surface area contributed by atoms with Crippen molar-refractivity contribution in [3.63, 3.8) is 0 Å². The van der Waals surface area contributed by atoms with Crippen LogP contribution in [0.5, 0.6) is 0 Å². The van der Waals surface area contributed by atoms with Crippen LogP contribution in [-0.2, 0) is 12.8 Å². The molecule has 0 aliphatic heterocycles. The van der Waals surface area contributed by atoms with Crippen LogP contribution in [0.1, 0.15) is 24.0 Å². The minimum absolute atomic E-state index is 0. The Morgan fingerprint density at radius 1 is 0.600 bits per heavy atom. The van der Waals surface area contributed by atoms with Crippen LogP contribution >= 0.6 is 12.4 Å². The number of nitrogens with zero attached hydrogens (tertiary/aromatic N) is 2. The summed E-state index contributed by atoms with van der Waals surface area (Å²) in [5, 5.41) is 5.64. The van der Waals surface area contributed by atoms with Gasteiger partial charge >= 0.3 is 0 Å².